The van der Waals surface area contributed by atoms with Gasteiger partial charge in [0, 0.05) is 6.04 Å². The Balaban J connectivity index is 2.07. The number of ether oxygens (including phenoxy) is 1. The highest BCUT2D eigenvalue weighted by molar-refractivity contribution is 6.30. The average molecular weight is 308 g/mol. The molecule has 0 amide bonds. The van der Waals surface area contributed by atoms with Crippen LogP contribution < -0.4 is 10.1 Å². The molecule has 0 aliphatic heterocycles. The van der Waals surface area contributed by atoms with Crippen molar-refractivity contribution in [2.75, 3.05) is 6.54 Å². The van der Waals surface area contributed by atoms with Gasteiger partial charge >= 0.3 is 0 Å². The van der Waals surface area contributed by atoms with Gasteiger partial charge in [0.15, 0.2) is 11.6 Å². The summed E-state index contributed by atoms with van der Waals surface area (Å²) >= 11 is 5.73. The second-order valence-corrected chi connectivity index (χ2v) is 5.31. The monoisotopic (exact) mass is 307 g/mol. The van der Waals surface area contributed by atoms with Crippen LogP contribution in [-0.2, 0) is 0 Å². The van der Waals surface area contributed by atoms with E-state index in [4.69, 9.17) is 16.3 Å². The molecule has 4 heteroatoms. The van der Waals surface area contributed by atoms with E-state index in [1.165, 1.54) is 11.6 Å². The molecule has 0 saturated heterocycles. The van der Waals surface area contributed by atoms with Crippen LogP contribution in [0.5, 0.6) is 11.5 Å². The molecule has 0 fully saturated rings. The van der Waals surface area contributed by atoms with Gasteiger partial charge in [-0.2, -0.15) is 0 Å². The summed E-state index contributed by atoms with van der Waals surface area (Å²) in [6.45, 7) is 5.23. The fourth-order valence-electron chi connectivity index (χ4n) is 1.99. The third-order valence-electron chi connectivity index (χ3n) is 3.22. The van der Waals surface area contributed by atoms with E-state index < -0.39 is 5.82 Å². The Kier molecular flexibility index (Phi) is 5.59. The second kappa shape index (κ2) is 7.43. The van der Waals surface area contributed by atoms with Gasteiger partial charge in [-0.1, -0.05) is 36.7 Å². The Labute approximate surface area is 129 Å². The van der Waals surface area contributed by atoms with Crippen molar-refractivity contribution in [1.82, 2.24) is 5.32 Å². The highest BCUT2D eigenvalue weighted by atomic mass is 35.5. The van der Waals surface area contributed by atoms with Gasteiger partial charge in [0.25, 0.3) is 0 Å². The van der Waals surface area contributed by atoms with E-state index >= 15 is 0 Å². The molecule has 112 valence electrons. The van der Waals surface area contributed by atoms with E-state index in [0.29, 0.717) is 5.75 Å². The van der Waals surface area contributed by atoms with Crippen LogP contribution >= 0.6 is 11.6 Å². The summed E-state index contributed by atoms with van der Waals surface area (Å²) in [5, 5.41) is 3.47. The van der Waals surface area contributed by atoms with Crippen molar-refractivity contribution in [2.45, 2.75) is 26.3 Å². The lowest BCUT2D eigenvalue weighted by Gasteiger charge is -2.14. The maximum atomic E-state index is 13.8. The molecule has 1 unspecified atom stereocenters. The number of rotatable bonds is 6. The molecule has 0 bridgehead atoms. The van der Waals surface area contributed by atoms with E-state index in [9.17, 15) is 4.39 Å². The van der Waals surface area contributed by atoms with Gasteiger partial charge in [0.1, 0.15) is 5.75 Å². The van der Waals surface area contributed by atoms with Crippen LogP contribution in [0.3, 0.4) is 0 Å². The molecule has 0 saturated carbocycles. The quantitative estimate of drug-likeness (QED) is 0.778. The summed E-state index contributed by atoms with van der Waals surface area (Å²) in [7, 11) is 0. The first kappa shape index (κ1) is 15.8. The maximum absolute atomic E-state index is 13.8. The van der Waals surface area contributed by atoms with E-state index in [1.54, 1.807) is 12.1 Å². The fraction of sp³-hybridized carbons (Fsp3) is 0.294. The SMILES string of the molecule is CCCNC(C)c1ccc(Oc2cccc(Cl)c2F)cc1. The first-order chi connectivity index (χ1) is 10.1. The van der Waals surface area contributed by atoms with E-state index in [0.717, 1.165) is 13.0 Å². The number of nitrogens with one attached hydrogen (secondary N) is 1. The number of hydrogen-bond donors (Lipinski definition) is 1. The van der Waals surface area contributed by atoms with E-state index in [-0.39, 0.29) is 16.8 Å². The molecule has 0 aliphatic rings. The Morgan fingerprint density at radius 1 is 1.19 bits per heavy atom. The van der Waals surface area contributed by atoms with Crippen molar-refractivity contribution in [1.29, 1.82) is 0 Å². The lowest BCUT2D eigenvalue weighted by molar-refractivity contribution is 0.442. The first-order valence-electron chi connectivity index (χ1n) is 7.07. The van der Waals surface area contributed by atoms with Gasteiger partial charge in [-0.05, 0) is 49.7 Å². The Morgan fingerprint density at radius 2 is 1.90 bits per heavy atom. The normalized spacial score (nSPS) is 12.2. The highest BCUT2D eigenvalue weighted by Gasteiger charge is 2.09. The molecule has 1 atom stereocenters. The molecule has 2 aromatic rings. The van der Waals surface area contributed by atoms with Gasteiger partial charge < -0.3 is 10.1 Å². The molecule has 2 nitrogen and oxygen atoms in total. The van der Waals surface area contributed by atoms with Crippen molar-refractivity contribution < 1.29 is 9.13 Å². The third kappa shape index (κ3) is 4.19. The van der Waals surface area contributed by atoms with Gasteiger partial charge in [-0.3, -0.25) is 0 Å². The largest absolute Gasteiger partial charge is 0.454 e. The van der Waals surface area contributed by atoms with Crippen LogP contribution in [0.25, 0.3) is 0 Å². The minimum Gasteiger partial charge on any atom is -0.454 e. The van der Waals surface area contributed by atoms with Crippen molar-refractivity contribution in [2.24, 2.45) is 0 Å². The number of halogens is 2. The summed E-state index contributed by atoms with van der Waals surface area (Å²) in [6, 6.07) is 12.6. The van der Waals surface area contributed by atoms with Crippen LogP contribution in [0, 0.1) is 5.82 Å². The molecule has 2 rings (SSSR count). The molecule has 0 heterocycles. The minimum atomic E-state index is -0.541. The Bertz CT molecular complexity index is 586. The smallest absolute Gasteiger partial charge is 0.184 e. The van der Waals surface area contributed by atoms with Crippen LogP contribution in [0.4, 0.5) is 4.39 Å². The molecule has 21 heavy (non-hydrogen) atoms. The zero-order valence-corrected chi connectivity index (χ0v) is 13.0. The standard InChI is InChI=1S/C17H19ClFNO/c1-3-11-20-12(2)13-7-9-14(10-8-13)21-16-6-4-5-15(18)17(16)19/h4-10,12,20H,3,11H2,1-2H3. The molecule has 0 aromatic heterocycles. The lowest BCUT2D eigenvalue weighted by atomic mass is 10.1. The third-order valence-corrected chi connectivity index (χ3v) is 3.52. The molecule has 0 spiro atoms. The summed E-state index contributed by atoms with van der Waals surface area (Å²) < 4.78 is 19.3. The maximum Gasteiger partial charge on any atom is 0.184 e. The van der Waals surface area contributed by atoms with Crippen LogP contribution in [0.2, 0.25) is 5.02 Å². The summed E-state index contributed by atoms with van der Waals surface area (Å²) in [6.07, 6.45) is 1.10. The van der Waals surface area contributed by atoms with E-state index in [2.05, 4.69) is 19.2 Å². The van der Waals surface area contributed by atoms with Gasteiger partial charge in [0.2, 0.25) is 0 Å². The van der Waals surface area contributed by atoms with Crippen molar-refractivity contribution in [3.05, 3.63) is 58.9 Å². The molecule has 0 aliphatic carbocycles. The fourth-order valence-corrected chi connectivity index (χ4v) is 2.16. The number of hydrogen-bond acceptors (Lipinski definition) is 2. The minimum absolute atomic E-state index is 0.0570. The van der Waals surface area contributed by atoms with Crippen LogP contribution in [-0.4, -0.2) is 6.54 Å². The van der Waals surface area contributed by atoms with Crippen molar-refractivity contribution in [3.8, 4) is 11.5 Å². The summed E-state index contributed by atoms with van der Waals surface area (Å²) in [4.78, 5) is 0. The molecule has 0 radical (unpaired) electrons. The predicted octanol–water partition coefficient (Wildman–Crippen LogP) is 5.33. The van der Waals surface area contributed by atoms with E-state index in [1.807, 2.05) is 24.3 Å². The molecular weight excluding hydrogens is 289 g/mol. The van der Waals surface area contributed by atoms with Gasteiger partial charge in [-0.15, -0.1) is 0 Å². The Morgan fingerprint density at radius 3 is 2.57 bits per heavy atom. The summed E-state index contributed by atoms with van der Waals surface area (Å²) in [5.74, 6) is 0.177. The Hall–Kier alpha value is -1.58. The topological polar surface area (TPSA) is 21.3 Å². The van der Waals surface area contributed by atoms with Gasteiger partial charge in [-0.25, -0.2) is 4.39 Å². The highest BCUT2D eigenvalue weighted by Crippen LogP contribution is 2.29. The van der Waals surface area contributed by atoms with Crippen LogP contribution in [0.1, 0.15) is 31.9 Å². The zero-order valence-electron chi connectivity index (χ0n) is 12.2. The molecule has 2 aromatic carbocycles. The summed E-state index contributed by atoms with van der Waals surface area (Å²) in [5.41, 5.74) is 1.17. The van der Waals surface area contributed by atoms with Crippen LogP contribution in [0.15, 0.2) is 42.5 Å². The average Bonchev–Trinajstić information content (AvgIpc) is 2.50. The number of benzene rings is 2. The van der Waals surface area contributed by atoms with Crippen molar-refractivity contribution in [3.63, 3.8) is 0 Å². The predicted molar refractivity (Wildman–Crippen MR) is 84.6 cm³/mol. The molecule has 1 N–H and O–H groups in total. The first-order valence-corrected chi connectivity index (χ1v) is 7.44. The van der Waals surface area contributed by atoms with Gasteiger partial charge in [0.05, 0.1) is 5.02 Å². The second-order valence-electron chi connectivity index (χ2n) is 4.90. The lowest BCUT2D eigenvalue weighted by Crippen LogP contribution is -2.19. The van der Waals surface area contributed by atoms with Crippen molar-refractivity contribution >= 4 is 11.6 Å². The molecular formula is C17H19ClFNO. The zero-order chi connectivity index (χ0) is 15.2.